The van der Waals surface area contributed by atoms with Gasteiger partial charge in [-0.05, 0) is 41.7 Å². The number of halogens is 2. The van der Waals surface area contributed by atoms with Gasteiger partial charge in [0, 0.05) is 37.4 Å². The average molecular weight is 448 g/mol. The van der Waals surface area contributed by atoms with E-state index in [9.17, 15) is 4.79 Å². The standard InChI is InChI=1S/C24H28Cl2N2O2/c1-28(12-9-17(10-13-28)19-4-7-21(25)22(26)15-19)11-2-14-30-20-6-3-18-5-8-24(29)27-23(18)16-20/h3-4,6-7,15-17H,2,5,8-14H2,1H3/p+1. The van der Waals surface area contributed by atoms with E-state index >= 15 is 0 Å². The minimum Gasteiger partial charge on any atom is -0.493 e. The number of carbonyl (C=O) groups is 1. The van der Waals surface area contributed by atoms with E-state index in [4.69, 9.17) is 27.9 Å². The van der Waals surface area contributed by atoms with E-state index in [1.807, 2.05) is 24.3 Å². The summed E-state index contributed by atoms with van der Waals surface area (Å²) in [5, 5.41) is 4.21. The third-order valence-electron chi connectivity index (χ3n) is 6.54. The van der Waals surface area contributed by atoms with Gasteiger partial charge in [-0.25, -0.2) is 0 Å². The van der Waals surface area contributed by atoms with E-state index in [2.05, 4.69) is 24.5 Å². The van der Waals surface area contributed by atoms with Crippen LogP contribution >= 0.6 is 23.2 Å². The van der Waals surface area contributed by atoms with Gasteiger partial charge in [-0.3, -0.25) is 4.79 Å². The minimum atomic E-state index is 0.0846. The third kappa shape index (κ3) is 5.11. The van der Waals surface area contributed by atoms with E-state index in [1.54, 1.807) is 0 Å². The molecule has 160 valence electrons. The fraction of sp³-hybridized carbons (Fsp3) is 0.458. The molecule has 0 radical (unpaired) electrons. The smallest absolute Gasteiger partial charge is 0.224 e. The number of fused-ring (bicyclic) bond motifs is 1. The van der Waals surface area contributed by atoms with Gasteiger partial charge in [0.25, 0.3) is 0 Å². The second kappa shape index (κ2) is 9.17. The molecule has 0 atom stereocenters. The lowest BCUT2D eigenvalue weighted by Gasteiger charge is -2.41. The van der Waals surface area contributed by atoms with Crippen LogP contribution in [0, 0.1) is 0 Å². The van der Waals surface area contributed by atoms with Gasteiger partial charge in [0.2, 0.25) is 5.91 Å². The molecule has 0 saturated carbocycles. The van der Waals surface area contributed by atoms with E-state index < -0.39 is 0 Å². The highest BCUT2D eigenvalue weighted by Gasteiger charge is 2.30. The zero-order valence-electron chi connectivity index (χ0n) is 17.4. The van der Waals surface area contributed by atoms with Crippen molar-refractivity contribution in [1.82, 2.24) is 0 Å². The number of quaternary nitrogens is 1. The van der Waals surface area contributed by atoms with Crippen LogP contribution in [0.5, 0.6) is 5.75 Å². The lowest BCUT2D eigenvalue weighted by molar-refractivity contribution is -0.914. The van der Waals surface area contributed by atoms with Crippen molar-refractivity contribution in [2.24, 2.45) is 0 Å². The maximum atomic E-state index is 11.6. The van der Waals surface area contributed by atoms with Crippen LogP contribution in [0.3, 0.4) is 0 Å². The van der Waals surface area contributed by atoms with Crippen LogP contribution in [0.2, 0.25) is 10.0 Å². The molecule has 0 aromatic heterocycles. The predicted molar refractivity (Wildman–Crippen MR) is 123 cm³/mol. The summed E-state index contributed by atoms with van der Waals surface area (Å²) in [5.41, 5.74) is 3.38. The molecule has 2 aliphatic rings. The molecular weight excluding hydrogens is 419 g/mol. The van der Waals surface area contributed by atoms with Crippen LogP contribution in [0.1, 0.15) is 42.7 Å². The molecule has 4 nitrogen and oxygen atoms in total. The van der Waals surface area contributed by atoms with Crippen molar-refractivity contribution in [1.29, 1.82) is 0 Å². The third-order valence-corrected chi connectivity index (χ3v) is 7.28. The molecule has 6 heteroatoms. The Labute approximate surface area is 188 Å². The van der Waals surface area contributed by atoms with Gasteiger partial charge < -0.3 is 14.5 Å². The molecule has 2 heterocycles. The largest absolute Gasteiger partial charge is 0.493 e. The zero-order chi connectivity index (χ0) is 21.1. The summed E-state index contributed by atoms with van der Waals surface area (Å²) in [6.07, 6.45) is 4.72. The van der Waals surface area contributed by atoms with E-state index in [1.165, 1.54) is 24.0 Å². The first-order chi connectivity index (χ1) is 14.4. The number of anilines is 1. The molecule has 4 rings (SSSR count). The molecule has 2 aromatic carbocycles. The zero-order valence-corrected chi connectivity index (χ0v) is 18.9. The molecule has 1 saturated heterocycles. The molecular formula is C24H29Cl2N2O2+. The number of likely N-dealkylation sites (tertiary alicyclic amines) is 1. The number of aryl methyl sites for hydroxylation is 1. The second-order valence-electron chi connectivity index (χ2n) is 8.81. The molecule has 1 amide bonds. The fourth-order valence-electron chi connectivity index (χ4n) is 4.59. The van der Waals surface area contributed by atoms with Gasteiger partial charge in [0.1, 0.15) is 5.75 Å². The van der Waals surface area contributed by atoms with Crippen LogP contribution in [0.25, 0.3) is 0 Å². The van der Waals surface area contributed by atoms with Gasteiger partial charge in [-0.2, -0.15) is 0 Å². The summed E-state index contributed by atoms with van der Waals surface area (Å²) >= 11 is 12.3. The van der Waals surface area contributed by atoms with Crippen molar-refractivity contribution in [2.75, 3.05) is 38.6 Å². The van der Waals surface area contributed by atoms with Gasteiger partial charge >= 0.3 is 0 Å². The molecule has 0 bridgehead atoms. The number of carbonyl (C=O) groups excluding carboxylic acids is 1. The van der Waals surface area contributed by atoms with Crippen LogP contribution < -0.4 is 10.1 Å². The number of nitrogens with one attached hydrogen (secondary N) is 1. The van der Waals surface area contributed by atoms with Crippen molar-refractivity contribution < 1.29 is 14.0 Å². The fourth-order valence-corrected chi connectivity index (χ4v) is 4.90. The van der Waals surface area contributed by atoms with E-state index in [0.29, 0.717) is 29.0 Å². The number of piperidine rings is 1. The number of nitrogens with zero attached hydrogens (tertiary/aromatic N) is 1. The molecule has 1 N–H and O–H groups in total. The Morgan fingerprint density at radius 3 is 2.63 bits per heavy atom. The first-order valence-electron chi connectivity index (χ1n) is 10.8. The Kier molecular flexibility index (Phi) is 6.57. The second-order valence-corrected chi connectivity index (χ2v) is 9.62. The highest BCUT2D eigenvalue weighted by molar-refractivity contribution is 6.42. The van der Waals surface area contributed by atoms with E-state index in [-0.39, 0.29) is 5.91 Å². The van der Waals surface area contributed by atoms with Crippen molar-refractivity contribution in [3.05, 3.63) is 57.6 Å². The van der Waals surface area contributed by atoms with Crippen molar-refractivity contribution >= 4 is 34.8 Å². The molecule has 0 aliphatic carbocycles. The minimum absolute atomic E-state index is 0.0846. The molecule has 2 aromatic rings. The number of benzene rings is 2. The maximum absolute atomic E-state index is 11.6. The van der Waals surface area contributed by atoms with Gasteiger partial charge in [-0.15, -0.1) is 0 Å². The van der Waals surface area contributed by atoms with Crippen molar-refractivity contribution in [2.45, 2.75) is 38.0 Å². The Morgan fingerprint density at radius 1 is 1.07 bits per heavy atom. The highest BCUT2D eigenvalue weighted by Crippen LogP contribution is 2.34. The normalized spacial score (nSPS) is 23.6. The lowest BCUT2D eigenvalue weighted by Crippen LogP contribution is -2.50. The topological polar surface area (TPSA) is 38.3 Å². The maximum Gasteiger partial charge on any atom is 0.224 e. The van der Waals surface area contributed by atoms with Crippen LogP contribution in [0.15, 0.2) is 36.4 Å². The number of rotatable bonds is 6. The van der Waals surface area contributed by atoms with Crippen molar-refractivity contribution in [3.8, 4) is 5.75 Å². The summed E-state index contributed by atoms with van der Waals surface area (Å²) in [4.78, 5) is 11.6. The quantitative estimate of drug-likeness (QED) is 0.457. The SMILES string of the molecule is C[N+]1(CCCOc2ccc3c(c2)NC(=O)CC3)CCC(c2ccc(Cl)c(Cl)c2)CC1. The van der Waals surface area contributed by atoms with Gasteiger partial charge in [-0.1, -0.05) is 35.3 Å². The average Bonchev–Trinajstić information content (AvgIpc) is 2.73. The number of hydrogen-bond acceptors (Lipinski definition) is 2. The number of hydrogen-bond donors (Lipinski definition) is 1. The Bertz CT molecular complexity index is 923. The summed E-state index contributed by atoms with van der Waals surface area (Å²) < 4.78 is 7.05. The molecule has 2 aliphatic heterocycles. The van der Waals surface area contributed by atoms with Gasteiger partial charge in [0.15, 0.2) is 0 Å². The van der Waals surface area contributed by atoms with Gasteiger partial charge in [0.05, 0.1) is 43.3 Å². The lowest BCUT2D eigenvalue weighted by atomic mass is 9.88. The Morgan fingerprint density at radius 2 is 1.87 bits per heavy atom. The number of ether oxygens (including phenoxy) is 1. The van der Waals surface area contributed by atoms with Crippen LogP contribution in [0.4, 0.5) is 5.69 Å². The first-order valence-corrected chi connectivity index (χ1v) is 11.5. The Hall–Kier alpha value is -1.75. The predicted octanol–water partition coefficient (Wildman–Crippen LogP) is 5.67. The summed E-state index contributed by atoms with van der Waals surface area (Å²) in [6, 6.07) is 12.1. The monoisotopic (exact) mass is 447 g/mol. The molecule has 1 fully saturated rings. The van der Waals surface area contributed by atoms with E-state index in [0.717, 1.165) is 48.4 Å². The van der Waals surface area contributed by atoms with Crippen molar-refractivity contribution in [3.63, 3.8) is 0 Å². The molecule has 0 spiro atoms. The molecule has 30 heavy (non-hydrogen) atoms. The summed E-state index contributed by atoms with van der Waals surface area (Å²) in [5.74, 6) is 1.48. The Balaban J connectivity index is 1.23. The first kappa shape index (κ1) is 21.5. The summed E-state index contributed by atoms with van der Waals surface area (Å²) in [7, 11) is 2.35. The van der Waals surface area contributed by atoms with Crippen LogP contribution in [-0.4, -0.2) is 43.7 Å². The summed E-state index contributed by atoms with van der Waals surface area (Å²) in [6.45, 7) is 4.12. The molecule has 0 unspecified atom stereocenters. The van der Waals surface area contributed by atoms with Crippen LogP contribution in [-0.2, 0) is 11.2 Å². The number of amides is 1. The highest BCUT2D eigenvalue weighted by atomic mass is 35.5.